The Morgan fingerprint density at radius 3 is 3.12 bits per heavy atom. The molecule has 2 rings (SSSR count). The molecule has 0 unspecified atom stereocenters. The minimum atomic E-state index is -0.326. The number of anilines is 1. The number of carbonyl (C=O) groups is 1. The summed E-state index contributed by atoms with van der Waals surface area (Å²) in [4.78, 5) is 14.9. The molecule has 0 atom stereocenters. The first-order valence-corrected chi connectivity index (χ1v) is 5.06. The Labute approximate surface area is 96.4 Å². The van der Waals surface area contributed by atoms with Gasteiger partial charge in [-0.05, 0) is 12.1 Å². The van der Waals surface area contributed by atoms with E-state index >= 15 is 0 Å². The van der Waals surface area contributed by atoms with E-state index in [4.69, 9.17) is 16.1 Å². The maximum Gasteiger partial charge on any atom is 0.240 e. The Balaban J connectivity index is 2.17. The third kappa shape index (κ3) is 2.38. The number of carbonyl (C=O) groups excluding carboxylic acids is 1. The van der Waals surface area contributed by atoms with Crippen molar-refractivity contribution in [3.05, 3.63) is 30.6 Å². The van der Waals surface area contributed by atoms with E-state index in [0.29, 0.717) is 11.6 Å². The van der Waals surface area contributed by atoms with Gasteiger partial charge in [0, 0.05) is 24.0 Å². The average Bonchev–Trinajstić information content (AvgIpc) is 2.78. The van der Waals surface area contributed by atoms with E-state index < -0.39 is 0 Å². The molecule has 0 radical (unpaired) electrons. The van der Waals surface area contributed by atoms with Crippen molar-refractivity contribution in [3.8, 4) is 11.3 Å². The van der Waals surface area contributed by atoms with Crippen LogP contribution in [-0.4, -0.2) is 21.9 Å². The summed E-state index contributed by atoms with van der Waals surface area (Å²) in [5.41, 5.74) is 0.793. The van der Waals surface area contributed by atoms with Gasteiger partial charge in [0.05, 0.1) is 0 Å². The van der Waals surface area contributed by atoms with E-state index in [2.05, 4.69) is 15.5 Å². The molecule has 0 fully saturated rings. The normalized spacial score (nSPS) is 10.1. The van der Waals surface area contributed by atoms with Crippen molar-refractivity contribution in [1.82, 2.24) is 10.1 Å². The smallest absolute Gasteiger partial charge is 0.240 e. The highest BCUT2D eigenvalue weighted by Gasteiger charge is 2.08. The number of pyridine rings is 1. The van der Waals surface area contributed by atoms with E-state index in [0.717, 1.165) is 5.56 Å². The molecule has 1 N–H and O–H groups in total. The Kier molecular flexibility index (Phi) is 3.16. The average molecular weight is 238 g/mol. The first-order valence-electron chi connectivity index (χ1n) is 4.52. The Hall–Kier alpha value is -1.88. The van der Waals surface area contributed by atoms with Crippen molar-refractivity contribution in [2.24, 2.45) is 0 Å². The van der Waals surface area contributed by atoms with Crippen molar-refractivity contribution in [2.45, 2.75) is 0 Å². The molecular weight excluding hydrogens is 230 g/mol. The second kappa shape index (κ2) is 4.76. The largest absolute Gasteiger partial charge is 0.354 e. The molecule has 0 aromatic carbocycles. The SMILES string of the molecule is O=C(CCl)Nc1cc(-c2cccnc2)on1. The van der Waals surface area contributed by atoms with E-state index in [9.17, 15) is 4.79 Å². The summed E-state index contributed by atoms with van der Waals surface area (Å²) in [7, 11) is 0. The maximum absolute atomic E-state index is 11.0. The third-order valence-electron chi connectivity index (χ3n) is 1.85. The van der Waals surface area contributed by atoms with Crippen LogP contribution in [0.2, 0.25) is 0 Å². The maximum atomic E-state index is 11.0. The molecule has 16 heavy (non-hydrogen) atoms. The second-order valence-electron chi connectivity index (χ2n) is 3.00. The summed E-state index contributed by atoms with van der Waals surface area (Å²) in [5.74, 6) is 0.435. The third-order valence-corrected chi connectivity index (χ3v) is 2.09. The first-order chi connectivity index (χ1) is 7.79. The van der Waals surface area contributed by atoms with Gasteiger partial charge in [0.2, 0.25) is 5.91 Å². The molecule has 6 heteroatoms. The molecule has 0 spiro atoms. The standard InChI is InChI=1S/C10H8ClN3O2/c11-5-10(15)13-9-4-8(16-14-9)7-2-1-3-12-6-7/h1-4,6H,5H2,(H,13,14,15). The quantitative estimate of drug-likeness (QED) is 0.828. The van der Waals surface area contributed by atoms with Crippen LogP contribution in [0.4, 0.5) is 5.82 Å². The lowest BCUT2D eigenvalue weighted by atomic mass is 10.2. The zero-order chi connectivity index (χ0) is 11.4. The van der Waals surface area contributed by atoms with Gasteiger partial charge in [-0.1, -0.05) is 5.16 Å². The van der Waals surface area contributed by atoms with Gasteiger partial charge in [0.15, 0.2) is 11.6 Å². The van der Waals surface area contributed by atoms with Gasteiger partial charge >= 0.3 is 0 Å². The van der Waals surface area contributed by atoms with Crippen LogP contribution in [0.1, 0.15) is 0 Å². The van der Waals surface area contributed by atoms with Crippen LogP contribution < -0.4 is 5.32 Å². The van der Waals surface area contributed by atoms with Crippen LogP contribution in [0, 0.1) is 0 Å². The van der Waals surface area contributed by atoms with Crippen LogP contribution in [0.5, 0.6) is 0 Å². The number of hydrogen-bond acceptors (Lipinski definition) is 4. The van der Waals surface area contributed by atoms with Crippen molar-refractivity contribution < 1.29 is 9.32 Å². The van der Waals surface area contributed by atoms with Crippen molar-refractivity contribution in [2.75, 3.05) is 11.2 Å². The summed E-state index contributed by atoms with van der Waals surface area (Å²) < 4.78 is 5.05. The van der Waals surface area contributed by atoms with E-state index in [1.165, 1.54) is 0 Å². The number of hydrogen-bond donors (Lipinski definition) is 1. The van der Waals surface area contributed by atoms with Crippen LogP contribution in [0.25, 0.3) is 11.3 Å². The number of halogens is 1. The highest BCUT2D eigenvalue weighted by Crippen LogP contribution is 2.20. The fourth-order valence-corrected chi connectivity index (χ4v) is 1.22. The zero-order valence-electron chi connectivity index (χ0n) is 8.18. The molecule has 0 aliphatic heterocycles. The van der Waals surface area contributed by atoms with Crippen molar-refractivity contribution >= 4 is 23.3 Å². The highest BCUT2D eigenvalue weighted by atomic mass is 35.5. The summed E-state index contributed by atoms with van der Waals surface area (Å²) >= 11 is 5.35. The van der Waals surface area contributed by atoms with Gasteiger partial charge in [-0.15, -0.1) is 11.6 Å². The fraction of sp³-hybridized carbons (Fsp3) is 0.100. The predicted molar refractivity (Wildman–Crippen MR) is 59.1 cm³/mol. The number of alkyl halides is 1. The molecule has 0 saturated carbocycles. The van der Waals surface area contributed by atoms with Crippen LogP contribution in [-0.2, 0) is 4.79 Å². The molecule has 1 amide bonds. The van der Waals surface area contributed by atoms with Crippen molar-refractivity contribution in [1.29, 1.82) is 0 Å². The Morgan fingerprint density at radius 2 is 2.44 bits per heavy atom. The lowest BCUT2D eigenvalue weighted by molar-refractivity contribution is -0.114. The number of rotatable bonds is 3. The molecule has 0 aliphatic rings. The molecule has 5 nitrogen and oxygen atoms in total. The molecule has 2 aromatic heterocycles. The fourth-order valence-electron chi connectivity index (χ4n) is 1.15. The lowest BCUT2D eigenvalue weighted by Gasteiger charge is -1.93. The van der Waals surface area contributed by atoms with E-state index in [1.54, 1.807) is 24.5 Å². The molecule has 82 valence electrons. The zero-order valence-corrected chi connectivity index (χ0v) is 8.94. The topological polar surface area (TPSA) is 68.0 Å². The summed E-state index contributed by atoms with van der Waals surface area (Å²) in [6.07, 6.45) is 3.31. The Morgan fingerprint density at radius 1 is 1.56 bits per heavy atom. The summed E-state index contributed by atoms with van der Waals surface area (Å²) in [5, 5.41) is 6.17. The van der Waals surface area contributed by atoms with Gasteiger partial charge < -0.3 is 9.84 Å². The van der Waals surface area contributed by atoms with Gasteiger partial charge in [-0.3, -0.25) is 9.78 Å². The number of amides is 1. The van der Waals surface area contributed by atoms with Gasteiger partial charge in [0.25, 0.3) is 0 Å². The second-order valence-corrected chi connectivity index (χ2v) is 3.27. The monoisotopic (exact) mass is 237 g/mol. The Bertz CT molecular complexity index is 484. The van der Waals surface area contributed by atoms with Crippen molar-refractivity contribution in [3.63, 3.8) is 0 Å². The number of nitrogens with one attached hydrogen (secondary N) is 1. The van der Waals surface area contributed by atoms with E-state index in [-0.39, 0.29) is 11.8 Å². The summed E-state index contributed by atoms with van der Waals surface area (Å²) in [6, 6.07) is 5.23. The number of aromatic nitrogens is 2. The molecule has 2 aromatic rings. The predicted octanol–water partition coefficient (Wildman–Crippen LogP) is 1.91. The minimum Gasteiger partial charge on any atom is -0.354 e. The summed E-state index contributed by atoms with van der Waals surface area (Å²) in [6.45, 7) is 0. The van der Waals surface area contributed by atoms with Crippen LogP contribution >= 0.6 is 11.6 Å². The molecule has 0 saturated heterocycles. The van der Waals surface area contributed by atoms with Crippen LogP contribution in [0.3, 0.4) is 0 Å². The first kappa shape index (κ1) is 10.6. The van der Waals surface area contributed by atoms with E-state index in [1.807, 2.05) is 6.07 Å². The molecule has 0 aliphatic carbocycles. The van der Waals surface area contributed by atoms with Gasteiger partial charge in [-0.25, -0.2) is 0 Å². The molecule has 0 bridgehead atoms. The molecular formula is C10H8ClN3O2. The number of nitrogens with zero attached hydrogens (tertiary/aromatic N) is 2. The van der Waals surface area contributed by atoms with Gasteiger partial charge in [-0.2, -0.15) is 0 Å². The molecule has 2 heterocycles. The minimum absolute atomic E-state index is 0.116. The highest BCUT2D eigenvalue weighted by molar-refractivity contribution is 6.29. The lowest BCUT2D eigenvalue weighted by Crippen LogP contribution is -2.12. The van der Waals surface area contributed by atoms with Gasteiger partial charge in [0.1, 0.15) is 5.88 Å². The van der Waals surface area contributed by atoms with Crippen LogP contribution in [0.15, 0.2) is 35.1 Å².